The molecule has 0 spiro atoms. The van der Waals surface area contributed by atoms with E-state index < -0.39 is 0 Å². The Kier molecular flexibility index (Phi) is 6.02. The van der Waals surface area contributed by atoms with Crippen molar-refractivity contribution >= 4 is 6.01 Å². The zero-order valence-electron chi connectivity index (χ0n) is 12.0. The van der Waals surface area contributed by atoms with Gasteiger partial charge in [0.15, 0.2) is 0 Å². The lowest BCUT2D eigenvalue weighted by Crippen LogP contribution is -2.01. The second-order valence-corrected chi connectivity index (χ2v) is 4.84. The molecule has 0 fully saturated rings. The van der Waals surface area contributed by atoms with Gasteiger partial charge in [-0.15, -0.1) is 5.10 Å². The fraction of sp³-hybridized carbons (Fsp3) is 0.533. The molecule has 0 aliphatic rings. The summed E-state index contributed by atoms with van der Waals surface area (Å²) in [5, 5.41) is 11.2. The van der Waals surface area contributed by atoms with E-state index in [1.54, 1.807) is 12.4 Å². The second kappa shape index (κ2) is 8.30. The molecule has 2 aromatic heterocycles. The number of nitrogens with one attached hydrogen (secondary N) is 1. The molecule has 0 bridgehead atoms. The molecule has 2 rings (SSSR count). The Morgan fingerprint density at radius 3 is 2.55 bits per heavy atom. The van der Waals surface area contributed by atoms with Crippen molar-refractivity contribution in [1.29, 1.82) is 0 Å². The third-order valence-electron chi connectivity index (χ3n) is 3.16. The van der Waals surface area contributed by atoms with Gasteiger partial charge in [0.25, 0.3) is 0 Å². The van der Waals surface area contributed by atoms with Crippen molar-refractivity contribution in [3.05, 3.63) is 24.5 Å². The Bertz CT molecular complexity index is 484. The average molecular weight is 274 g/mol. The topological polar surface area (TPSA) is 63.8 Å². The van der Waals surface area contributed by atoms with Crippen molar-refractivity contribution in [1.82, 2.24) is 15.2 Å². The molecule has 20 heavy (non-hydrogen) atoms. The van der Waals surface area contributed by atoms with E-state index in [0.717, 1.165) is 18.5 Å². The molecule has 2 heterocycles. The fourth-order valence-corrected chi connectivity index (χ4v) is 2.01. The number of nitrogens with zero attached hydrogens (tertiary/aromatic N) is 3. The Morgan fingerprint density at radius 1 is 1.00 bits per heavy atom. The minimum Gasteiger partial charge on any atom is -0.403 e. The van der Waals surface area contributed by atoms with Gasteiger partial charge in [-0.2, -0.15) is 0 Å². The van der Waals surface area contributed by atoms with Crippen LogP contribution in [-0.4, -0.2) is 21.7 Å². The maximum atomic E-state index is 5.55. The van der Waals surface area contributed by atoms with Crippen LogP contribution in [-0.2, 0) is 0 Å². The standard InChI is InChI=1S/C15H22N4O/c1-2-3-4-5-6-7-10-17-15-19-18-14(20-15)13-8-11-16-12-9-13/h8-9,11-12H,2-7,10H2,1H3,(H,17,19). The van der Waals surface area contributed by atoms with Gasteiger partial charge in [-0.1, -0.05) is 44.1 Å². The molecule has 0 aliphatic carbocycles. The van der Waals surface area contributed by atoms with Crippen LogP contribution in [0.2, 0.25) is 0 Å². The molecule has 0 saturated heterocycles. The monoisotopic (exact) mass is 274 g/mol. The molecule has 0 unspecified atom stereocenters. The first-order valence-electron chi connectivity index (χ1n) is 7.38. The van der Waals surface area contributed by atoms with Gasteiger partial charge in [0.05, 0.1) is 0 Å². The molecule has 5 nitrogen and oxygen atoms in total. The smallest absolute Gasteiger partial charge is 0.315 e. The third kappa shape index (κ3) is 4.64. The normalized spacial score (nSPS) is 10.7. The van der Waals surface area contributed by atoms with E-state index in [1.807, 2.05) is 12.1 Å². The van der Waals surface area contributed by atoms with Crippen LogP contribution >= 0.6 is 0 Å². The maximum Gasteiger partial charge on any atom is 0.315 e. The zero-order chi connectivity index (χ0) is 14.0. The van der Waals surface area contributed by atoms with Crippen molar-refractivity contribution in [3.8, 4) is 11.5 Å². The van der Waals surface area contributed by atoms with Crippen LogP contribution in [0.4, 0.5) is 6.01 Å². The lowest BCUT2D eigenvalue weighted by atomic mass is 10.1. The molecule has 5 heteroatoms. The molecular weight excluding hydrogens is 252 g/mol. The van der Waals surface area contributed by atoms with E-state index in [1.165, 1.54) is 32.1 Å². The number of hydrogen-bond donors (Lipinski definition) is 1. The predicted octanol–water partition coefficient (Wildman–Crippen LogP) is 3.90. The SMILES string of the molecule is CCCCCCCCNc1nnc(-c2ccncc2)o1. The highest BCUT2D eigenvalue weighted by molar-refractivity contribution is 5.51. The number of hydrogen-bond acceptors (Lipinski definition) is 5. The first kappa shape index (κ1) is 14.5. The highest BCUT2D eigenvalue weighted by atomic mass is 16.4. The van der Waals surface area contributed by atoms with Crippen LogP contribution in [0.1, 0.15) is 45.4 Å². The summed E-state index contributed by atoms with van der Waals surface area (Å²) in [4.78, 5) is 3.96. The summed E-state index contributed by atoms with van der Waals surface area (Å²) in [6.07, 6.45) is 11.1. The molecule has 0 atom stereocenters. The summed E-state index contributed by atoms with van der Waals surface area (Å²) >= 11 is 0. The summed E-state index contributed by atoms with van der Waals surface area (Å²) in [7, 11) is 0. The lowest BCUT2D eigenvalue weighted by Gasteiger charge is -2.01. The van der Waals surface area contributed by atoms with Gasteiger partial charge >= 0.3 is 6.01 Å². The molecule has 0 radical (unpaired) electrons. The minimum atomic E-state index is 0.491. The third-order valence-corrected chi connectivity index (χ3v) is 3.16. The van der Waals surface area contributed by atoms with Crippen molar-refractivity contribution < 1.29 is 4.42 Å². The summed E-state index contributed by atoms with van der Waals surface area (Å²) in [5.74, 6) is 0.526. The van der Waals surface area contributed by atoms with Crippen molar-refractivity contribution in [2.45, 2.75) is 45.4 Å². The van der Waals surface area contributed by atoms with Gasteiger partial charge in [0, 0.05) is 24.5 Å². The van der Waals surface area contributed by atoms with Crippen molar-refractivity contribution in [2.75, 3.05) is 11.9 Å². The van der Waals surface area contributed by atoms with Gasteiger partial charge in [-0.3, -0.25) is 4.98 Å². The van der Waals surface area contributed by atoms with E-state index in [2.05, 4.69) is 27.4 Å². The number of aromatic nitrogens is 3. The summed E-state index contributed by atoms with van der Waals surface area (Å²) in [6, 6.07) is 4.20. The van der Waals surface area contributed by atoms with Gasteiger partial charge in [0.1, 0.15) is 0 Å². The first-order valence-corrected chi connectivity index (χ1v) is 7.38. The Morgan fingerprint density at radius 2 is 1.75 bits per heavy atom. The van der Waals surface area contributed by atoms with Crippen LogP contribution in [0.3, 0.4) is 0 Å². The van der Waals surface area contributed by atoms with Gasteiger partial charge in [0.2, 0.25) is 5.89 Å². The van der Waals surface area contributed by atoms with E-state index in [0.29, 0.717) is 11.9 Å². The molecule has 0 saturated carbocycles. The number of anilines is 1. The van der Waals surface area contributed by atoms with Crippen LogP contribution < -0.4 is 5.32 Å². The van der Waals surface area contributed by atoms with Crippen LogP contribution in [0.5, 0.6) is 0 Å². The Hall–Kier alpha value is -1.91. The summed E-state index contributed by atoms with van der Waals surface area (Å²) in [5.41, 5.74) is 0.889. The molecule has 0 amide bonds. The Balaban J connectivity index is 1.69. The number of unbranched alkanes of at least 4 members (excludes halogenated alkanes) is 5. The van der Waals surface area contributed by atoms with Crippen LogP contribution in [0.15, 0.2) is 28.9 Å². The van der Waals surface area contributed by atoms with Gasteiger partial charge in [-0.25, -0.2) is 0 Å². The Labute approximate surface area is 119 Å². The molecule has 0 aromatic carbocycles. The van der Waals surface area contributed by atoms with Gasteiger partial charge in [-0.05, 0) is 18.6 Å². The molecule has 1 N–H and O–H groups in total. The van der Waals surface area contributed by atoms with E-state index in [4.69, 9.17) is 4.42 Å². The van der Waals surface area contributed by atoms with Crippen LogP contribution in [0.25, 0.3) is 11.5 Å². The highest BCUT2D eigenvalue weighted by Gasteiger charge is 2.07. The zero-order valence-corrected chi connectivity index (χ0v) is 12.0. The highest BCUT2D eigenvalue weighted by Crippen LogP contribution is 2.18. The van der Waals surface area contributed by atoms with E-state index >= 15 is 0 Å². The fourth-order valence-electron chi connectivity index (χ4n) is 2.01. The molecule has 0 aliphatic heterocycles. The van der Waals surface area contributed by atoms with Crippen molar-refractivity contribution in [2.24, 2.45) is 0 Å². The summed E-state index contributed by atoms with van der Waals surface area (Å²) in [6.45, 7) is 3.11. The second-order valence-electron chi connectivity index (χ2n) is 4.84. The van der Waals surface area contributed by atoms with Crippen LogP contribution in [0, 0.1) is 0 Å². The largest absolute Gasteiger partial charge is 0.403 e. The summed E-state index contributed by atoms with van der Waals surface area (Å²) < 4.78 is 5.55. The molecular formula is C15H22N4O. The predicted molar refractivity (Wildman–Crippen MR) is 79.4 cm³/mol. The van der Waals surface area contributed by atoms with E-state index in [9.17, 15) is 0 Å². The van der Waals surface area contributed by atoms with Gasteiger partial charge < -0.3 is 9.73 Å². The quantitative estimate of drug-likeness (QED) is 0.702. The average Bonchev–Trinajstić information content (AvgIpc) is 2.96. The molecule has 2 aromatic rings. The minimum absolute atomic E-state index is 0.491. The van der Waals surface area contributed by atoms with Crippen molar-refractivity contribution in [3.63, 3.8) is 0 Å². The maximum absolute atomic E-state index is 5.55. The number of pyridine rings is 1. The lowest BCUT2D eigenvalue weighted by molar-refractivity contribution is 0.572. The van der Waals surface area contributed by atoms with E-state index in [-0.39, 0.29) is 0 Å². The number of rotatable bonds is 9. The molecule has 108 valence electrons. The first-order chi connectivity index (χ1) is 9.90.